The number of nitrogens with one attached hydrogen (secondary N) is 2. The third-order valence-electron chi connectivity index (χ3n) is 6.14. The summed E-state index contributed by atoms with van der Waals surface area (Å²) < 4.78 is 40.6. The Hall–Kier alpha value is -3.57. The van der Waals surface area contributed by atoms with Gasteiger partial charge in [-0.3, -0.25) is 9.89 Å². The molecular formula is C22H25F3N6O3. The van der Waals surface area contributed by atoms with Gasteiger partial charge >= 0.3 is 12.4 Å². The Labute approximate surface area is 193 Å². The molecule has 2 atom stereocenters. The van der Waals surface area contributed by atoms with Crippen LogP contribution in [0.2, 0.25) is 0 Å². The Morgan fingerprint density at radius 1 is 1.12 bits per heavy atom. The highest BCUT2D eigenvalue weighted by Crippen LogP contribution is 2.32. The summed E-state index contributed by atoms with van der Waals surface area (Å²) in [6.07, 6.45) is 1.45. The molecule has 2 unspecified atom stereocenters. The number of rotatable bonds is 5. The topological polar surface area (TPSA) is 103 Å². The first kappa shape index (κ1) is 23.6. The summed E-state index contributed by atoms with van der Waals surface area (Å²) in [5.74, 6) is 0.222. The van der Waals surface area contributed by atoms with E-state index in [1.807, 2.05) is 4.90 Å². The number of urea groups is 1. The number of likely N-dealkylation sites (tertiary alicyclic amines) is 2. The lowest BCUT2D eigenvalue weighted by Crippen LogP contribution is -2.39. The predicted octanol–water partition coefficient (Wildman–Crippen LogP) is 2.80. The zero-order chi connectivity index (χ0) is 24.1. The molecule has 3 amide bonds. The van der Waals surface area contributed by atoms with Crippen molar-refractivity contribution in [3.05, 3.63) is 47.8 Å². The van der Waals surface area contributed by atoms with E-state index >= 15 is 0 Å². The summed E-state index contributed by atoms with van der Waals surface area (Å²) in [6, 6.07) is 5.21. The number of H-pyrrole nitrogens is 1. The molecule has 2 aliphatic rings. The molecule has 2 N–H and O–H groups in total. The Morgan fingerprint density at radius 3 is 2.38 bits per heavy atom. The van der Waals surface area contributed by atoms with Crippen molar-refractivity contribution in [1.29, 1.82) is 0 Å². The molecule has 0 radical (unpaired) electrons. The van der Waals surface area contributed by atoms with Crippen molar-refractivity contribution in [3.8, 4) is 5.75 Å². The molecular weight excluding hydrogens is 453 g/mol. The second kappa shape index (κ2) is 10.1. The second-order valence-corrected chi connectivity index (χ2v) is 8.42. The third-order valence-corrected chi connectivity index (χ3v) is 6.14. The molecule has 1 aromatic heterocycles. The predicted molar refractivity (Wildman–Crippen MR) is 115 cm³/mol. The second-order valence-electron chi connectivity index (χ2n) is 8.42. The van der Waals surface area contributed by atoms with Crippen LogP contribution in [0.15, 0.2) is 36.5 Å². The average molecular weight is 478 g/mol. The minimum atomic E-state index is -4.74. The molecule has 2 aliphatic heterocycles. The highest BCUT2D eigenvalue weighted by atomic mass is 19.4. The van der Waals surface area contributed by atoms with Gasteiger partial charge in [-0.15, -0.1) is 18.3 Å². The van der Waals surface area contributed by atoms with E-state index in [2.05, 4.69) is 25.5 Å². The van der Waals surface area contributed by atoms with Crippen molar-refractivity contribution in [2.75, 3.05) is 26.2 Å². The SMILES string of the molecule is O=C(/C=C/c1ccc(OC(F)(F)F)cc1)N1CCC2CN(C(=O)NCc3cnn[nH]3)CC2CC1. The zero-order valence-corrected chi connectivity index (χ0v) is 18.3. The molecule has 12 heteroatoms. The molecule has 1 aromatic carbocycles. The molecule has 4 rings (SSSR count). The van der Waals surface area contributed by atoms with Gasteiger partial charge in [0.05, 0.1) is 18.4 Å². The fourth-order valence-electron chi connectivity index (χ4n) is 4.38. The number of carbonyl (C=O) groups is 2. The van der Waals surface area contributed by atoms with Gasteiger partial charge in [0.1, 0.15) is 5.75 Å². The lowest BCUT2D eigenvalue weighted by molar-refractivity contribution is -0.274. The standard InChI is InChI=1S/C22H25F3N6O3/c23-22(24,25)34-19-4-1-15(2-5-19)3-6-20(32)30-9-7-16-13-31(14-17(16)8-10-30)21(33)26-11-18-12-27-29-28-18/h1-6,12,16-17H,7-11,13-14H2,(H,26,33)(H,27,28,29)/b6-3+. The summed E-state index contributed by atoms with van der Waals surface area (Å²) >= 11 is 0. The number of benzene rings is 1. The fraction of sp³-hybridized carbons (Fsp3) is 0.455. The van der Waals surface area contributed by atoms with E-state index in [0.29, 0.717) is 50.1 Å². The van der Waals surface area contributed by atoms with Crippen LogP contribution in [0.25, 0.3) is 6.08 Å². The first-order chi connectivity index (χ1) is 16.3. The molecule has 182 valence electrons. The van der Waals surface area contributed by atoms with Crippen LogP contribution >= 0.6 is 0 Å². The Kier molecular flexibility index (Phi) is 7.03. The summed E-state index contributed by atoms with van der Waals surface area (Å²) in [5, 5.41) is 12.9. The molecule has 2 aromatic rings. The average Bonchev–Trinajstić information content (AvgIpc) is 3.42. The highest BCUT2D eigenvalue weighted by molar-refractivity contribution is 5.91. The van der Waals surface area contributed by atoms with Crippen molar-refractivity contribution < 1.29 is 27.5 Å². The van der Waals surface area contributed by atoms with Crippen LogP contribution in [0.5, 0.6) is 5.75 Å². The maximum absolute atomic E-state index is 12.6. The number of aromatic nitrogens is 3. The molecule has 0 bridgehead atoms. The van der Waals surface area contributed by atoms with Gasteiger partial charge < -0.3 is 19.9 Å². The number of hydrogen-bond donors (Lipinski definition) is 2. The van der Waals surface area contributed by atoms with Crippen LogP contribution in [-0.2, 0) is 11.3 Å². The van der Waals surface area contributed by atoms with Gasteiger partial charge in [0.2, 0.25) is 5.91 Å². The summed E-state index contributed by atoms with van der Waals surface area (Å²) in [4.78, 5) is 28.7. The van der Waals surface area contributed by atoms with Crippen LogP contribution < -0.4 is 10.1 Å². The number of ether oxygens (including phenoxy) is 1. The Bertz CT molecular complexity index is 994. The van der Waals surface area contributed by atoms with E-state index in [-0.39, 0.29) is 17.7 Å². The number of carbonyl (C=O) groups excluding carboxylic acids is 2. The van der Waals surface area contributed by atoms with Gasteiger partial charge in [-0.05, 0) is 48.4 Å². The third kappa shape index (κ3) is 6.27. The lowest BCUT2D eigenvalue weighted by atomic mass is 9.92. The number of aromatic amines is 1. The normalized spacial score (nSPS) is 20.8. The molecule has 2 saturated heterocycles. The minimum absolute atomic E-state index is 0.120. The first-order valence-corrected chi connectivity index (χ1v) is 11.0. The summed E-state index contributed by atoms with van der Waals surface area (Å²) in [6.45, 7) is 2.84. The quantitative estimate of drug-likeness (QED) is 0.644. The smallest absolute Gasteiger partial charge is 0.406 e. The van der Waals surface area contributed by atoms with Gasteiger partial charge in [-0.25, -0.2) is 4.79 Å². The number of fused-ring (bicyclic) bond motifs is 1. The highest BCUT2D eigenvalue weighted by Gasteiger charge is 2.37. The van der Waals surface area contributed by atoms with E-state index in [1.165, 1.54) is 30.3 Å². The van der Waals surface area contributed by atoms with E-state index in [4.69, 9.17) is 0 Å². The number of halogens is 3. The Balaban J connectivity index is 1.24. The first-order valence-electron chi connectivity index (χ1n) is 11.0. The van der Waals surface area contributed by atoms with E-state index < -0.39 is 6.36 Å². The van der Waals surface area contributed by atoms with E-state index in [9.17, 15) is 22.8 Å². The molecule has 0 aliphatic carbocycles. The molecule has 34 heavy (non-hydrogen) atoms. The van der Waals surface area contributed by atoms with Gasteiger partial charge in [0.25, 0.3) is 0 Å². The number of alkyl halides is 3. The molecule has 0 spiro atoms. The van der Waals surface area contributed by atoms with Crippen LogP contribution in [0, 0.1) is 11.8 Å². The summed E-state index contributed by atoms with van der Waals surface area (Å²) in [5.41, 5.74) is 1.33. The maximum Gasteiger partial charge on any atom is 0.573 e. The van der Waals surface area contributed by atoms with E-state index in [0.717, 1.165) is 18.5 Å². The van der Waals surface area contributed by atoms with Crippen molar-refractivity contribution in [1.82, 2.24) is 30.5 Å². The Morgan fingerprint density at radius 2 is 1.79 bits per heavy atom. The molecule has 2 fully saturated rings. The monoisotopic (exact) mass is 478 g/mol. The van der Waals surface area contributed by atoms with Crippen LogP contribution in [0.3, 0.4) is 0 Å². The minimum Gasteiger partial charge on any atom is -0.406 e. The van der Waals surface area contributed by atoms with E-state index in [1.54, 1.807) is 17.2 Å². The van der Waals surface area contributed by atoms with Crippen molar-refractivity contribution >= 4 is 18.0 Å². The van der Waals surface area contributed by atoms with Crippen LogP contribution in [-0.4, -0.2) is 69.7 Å². The molecule has 0 saturated carbocycles. The summed E-state index contributed by atoms with van der Waals surface area (Å²) in [7, 11) is 0. The number of nitrogens with zero attached hydrogens (tertiary/aromatic N) is 4. The zero-order valence-electron chi connectivity index (χ0n) is 18.3. The largest absolute Gasteiger partial charge is 0.573 e. The molecule has 9 nitrogen and oxygen atoms in total. The number of amides is 3. The van der Waals surface area contributed by atoms with Crippen molar-refractivity contribution in [2.45, 2.75) is 25.7 Å². The van der Waals surface area contributed by atoms with Gasteiger partial charge in [-0.2, -0.15) is 0 Å². The van der Waals surface area contributed by atoms with Crippen LogP contribution in [0.1, 0.15) is 24.1 Å². The molecule has 3 heterocycles. The van der Waals surface area contributed by atoms with Gasteiger partial charge in [0, 0.05) is 32.3 Å². The van der Waals surface area contributed by atoms with Gasteiger partial charge in [0.15, 0.2) is 0 Å². The van der Waals surface area contributed by atoms with Crippen molar-refractivity contribution in [3.63, 3.8) is 0 Å². The van der Waals surface area contributed by atoms with Gasteiger partial charge in [-0.1, -0.05) is 17.3 Å². The fourth-order valence-corrected chi connectivity index (χ4v) is 4.38. The lowest BCUT2D eigenvalue weighted by Gasteiger charge is -2.21. The number of hydrogen-bond acceptors (Lipinski definition) is 5. The maximum atomic E-state index is 12.6. The van der Waals surface area contributed by atoms with Crippen LogP contribution in [0.4, 0.5) is 18.0 Å². The van der Waals surface area contributed by atoms with Crippen molar-refractivity contribution in [2.24, 2.45) is 11.8 Å².